The zero-order chi connectivity index (χ0) is 3.41. The molecule has 1 nitrogen and oxygen atoms in total. The monoisotopic (exact) mass is 129 g/mol. The molecular weight excluding hydrogens is 123 g/mol. The van der Waals surface area contributed by atoms with Crippen LogP contribution in [0.2, 0.25) is 0 Å². The second kappa shape index (κ2) is 8.88. The molecule has 0 radical (unpaired) electrons. The summed E-state index contributed by atoms with van der Waals surface area (Å²) in [5.74, 6) is 0. The van der Waals surface area contributed by atoms with Crippen LogP contribution in [0.15, 0.2) is 0 Å². The Morgan fingerprint density at radius 3 is 2.00 bits per heavy atom. The van der Waals surface area contributed by atoms with Gasteiger partial charge in [0.05, 0.1) is 0 Å². The van der Waals surface area contributed by atoms with Gasteiger partial charge in [0, 0.05) is 0 Å². The van der Waals surface area contributed by atoms with Crippen molar-refractivity contribution in [2.45, 2.75) is 6.92 Å². The second-order valence-electron chi connectivity index (χ2n) is 0.433. The van der Waals surface area contributed by atoms with Gasteiger partial charge in [-0.2, -0.15) is 0 Å². The van der Waals surface area contributed by atoms with Gasteiger partial charge >= 0.3 is 37.7 Å². The Hall–Kier alpha value is 0.964. The molecule has 3 heteroatoms. The van der Waals surface area contributed by atoms with Crippen LogP contribution in [-0.2, 0) is 24.1 Å². The van der Waals surface area contributed by atoms with Crippen LogP contribution in [0.4, 0.5) is 0 Å². The molecule has 0 saturated heterocycles. The largest absolute Gasteiger partial charge is 0.147 e. The summed E-state index contributed by atoms with van der Waals surface area (Å²) in [6.07, 6.45) is 0. The van der Waals surface area contributed by atoms with Gasteiger partial charge in [-0.05, 0) is 0 Å². The Kier molecular flexibility index (Phi) is 16.6. The fourth-order valence-electron chi connectivity index (χ4n) is 0. The van der Waals surface area contributed by atoms with Crippen molar-refractivity contribution in [2.24, 2.45) is 0 Å². The second-order valence-corrected chi connectivity index (χ2v) is 0.884. The third-order valence-corrected chi connectivity index (χ3v) is 0.595. The molecule has 0 fully saturated rings. The summed E-state index contributed by atoms with van der Waals surface area (Å²) in [5.41, 5.74) is 0. The maximum Gasteiger partial charge on any atom is -0.147 e. The van der Waals surface area contributed by atoms with E-state index in [1.807, 2.05) is 6.92 Å². The van der Waals surface area contributed by atoms with Gasteiger partial charge in [-0.15, -0.1) is 12.4 Å². The number of hydrogen-bond acceptors (Lipinski definition) is 1. The molecule has 0 atom stereocenters. The molecule has 0 aliphatic carbocycles. The molecule has 31 valence electrons. The van der Waals surface area contributed by atoms with Gasteiger partial charge < -0.3 is 0 Å². The first kappa shape index (κ1) is 9.35. The number of hydrogen-bond donors (Lipinski definition) is 0. The predicted molar refractivity (Wildman–Crippen MR) is 18.9 cm³/mol. The molecule has 0 spiro atoms. The average Bonchev–Trinajstić information content (AvgIpc) is 1.37. The molecule has 0 unspecified atom stereocenters. The molecular formula is C2H6ClOTi. The molecule has 0 saturated carbocycles. The number of rotatable bonds is 1. The zero-order valence-electron chi connectivity index (χ0n) is 3.02. The smallest absolute Gasteiger partial charge is 0.147 e. The summed E-state index contributed by atoms with van der Waals surface area (Å²) in [6, 6.07) is 0. The molecule has 0 aromatic carbocycles. The summed E-state index contributed by atoms with van der Waals surface area (Å²) in [5, 5.41) is 0. The van der Waals surface area contributed by atoms with Crippen molar-refractivity contribution in [3.63, 3.8) is 0 Å². The molecule has 0 amide bonds. The van der Waals surface area contributed by atoms with Crippen molar-refractivity contribution in [1.82, 2.24) is 0 Å². The number of halogens is 1. The zero-order valence-corrected chi connectivity index (χ0v) is 5.40. The third-order valence-electron chi connectivity index (χ3n) is 0.144. The minimum absolute atomic E-state index is 0. The van der Waals surface area contributed by atoms with Gasteiger partial charge in [-0.3, -0.25) is 0 Å². The molecule has 0 rings (SSSR count). The Morgan fingerprint density at radius 2 is 2.00 bits per heavy atom. The van der Waals surface area contributed by atoms with Crippen LogP contribution >= 0.6 is 12.4 Å². The van der Waals surface area contributed by atoms with Crippen molar-refractivity contribution >= 4 is 12.4 Å². The average molecular weight is 129 g/mol. The van der Waals surface area contributed by atoms with Crippen molar-refractivity contribution in [1.29, 1.82) is 0 Å². The Balaban J connectivity index is 0. The fraction of sp³-hybridized carbons (Fsp3) is 1.00. The van der Waals surface area contributed by atoms with Crippen molar-refractivity contribution in [3.8, 4) is 0 Å². The van der Waals surface area contributed by atoms with E-state index in [0.29, 0.717) is 0 Å². The van der Waals surface area contributed by atoms with E-state index >= 15 is 0 Å². The summed E-state index contributed by atoms with van der Waals surface area (Å²) >= 11 is 1.68. The Labute approximate surface area is 50.4 Å². The van der Waals surface area contributed by atoms with Gasteiger partial charge in [-0.25, -0.2) is 0 Å². The van der Waals surface area contributed by atoms with Gasteiger partial charge in [0.2, 0.25) is 0 Å². The van der Waals surface area contributed by atoms with E-state index in [9.17, 15) is 0 Å². The van der Waals surface area contributed by atoms with Crippen LogP contribution in [0.3, 0.4) is 0 Å². The van der Waals surface area contributed by atoms with Crippen LogP contribution in [0.25, 0.3) is 0 Å². The van der Waals surface area contributed by atoms with E-state index in [2.05, 4.69) is 3.32 Å². The van der Waals surface area contributed by atoms with Crippen LogP contribution in [0.5, 0.6) is 0 Å². The molecule has 0 heterocycles. The SMILES string of the molecule is CC[O][Ti].Cl. The maximum atomic E-state index is 4.54. The maximum absolute atomic E-state index is 4.54. The Morgan fingerprint density at radius 1 is 1.80 bits per heavy atom. The molecule has 0 N–H and O–H groups in total. The van der Waals surface area contributed by atoms with E-state index in [1.54, 1.807) is 20.8 Å². The van der Waals surface area contributed by atoms with E-state index < -0.39 is 0 Å². The standard InChI is InChI=1S/C2H5O.ClH.Ti/c1-2-3;;/h2H2,1H3;1H;/q-1;;+1. The third kappa shape index (κ3) is 11.3. The molecule has 0 aromatic heterocycles. The minimum Gasteiger partial charge on any atom is -0.147 e. The summed E-state index contributed by atoms with van der Waals surface area (Å²) in [6.45, 7) is 2.78. The predicted octanol–water partition coefficient (Wildman–Crippen LogP) is 0.907. The topological polar surface area (TPSA) is 9.23 Å². The van der Waals surface area contributed by atoms with E-state index in [-0.39, 0.29) is 12.4 Å². The van der Waals surface area contributed by atoms with Crippen molar-refractivity contribution < 1.29 is 24.1 Å². The summed E-state index contributed by atoms with van der Waals surface area (Å²) in [7, 11) is 0. The van der Waals surface area contributed by atoms with Crippen LogP contribution in [-0.4, -0.2) is 6.61 Å². The molecule has 0 aromatic rings. The van der Waals surface area contributed by atoms with Crippen LogP contribution in [0.1, 0.15) is 6.92 Å². The first-order valence-electron chi connectivity index (χ1n) is 1.20. The quantitative estimate of drug-likeness (QED) is 0.478. The molecule has 0 aliphatic rings. The fourth-order valence-corrected chi connectivity index (χ4v) is 0. The Bertz CT molecular complexity index is 11.6. The minimum atomic E-state index is 0. The first-order chi connectivity index (χ1) is 1.91. The summed E-state index contributed by atoms with van der Waals surface area (Å²) in [4.78, 5) is 0. The van der Waals surface area contributed by atoms with E-state index in [0.717, 1.165) is 6.61 Å². The van der Waals surface area contributed by atoms with Gasteiger partial charge in [0.1, 0.15) is 0 Å². The summed E-state index contributed by atoms with van der Waals surface area (Å²) < 4.78 is 4.54. The molecule has 5 heavy (non-hydrogen) atoms. The van der Waals surface area contributed by atoms with E-state index in [1.165, 1.54) is 0 Å². The van der Waals surface area contributed by atoms with E-state index in [4.69, 9.17) is 0 Å². The van der Waals surface area contributed by atoms with Gasteiger partial charge in [0.25, 0.3) is 0 Å². The van der Waals surface area contributed by atoms with Crippen LogP contribution in [0, 0.1) is 0 Å². The molecule has 0 aliphatic heterocycles. The normalized spacial score (nSPS) is 5.60. The first-order valence-corrected chi connectivity index (χ1v) is 1.84. The van der Waals surface area contributed by atoms with Gasteiger partial charge in [0.15, 0.2) is 0 Å². The van der Waals surface area contributed by atoms with Crippen LogP contribution < -0.4 is 0 Å². The molecule has 0 bridgehead atoms. The van der Waals surface area contributed by atoms with Crippen molar-refractivity contribution in [2.75, 3.05) is 6.61 Å². The van der Waals surface area contributed by atoms with Crippen molar-refractivity contribution in [3.05, 3.63) is 0 Å². The van der Waals surface area contributed by atoms with Gasteiger partial charge in [-0.1, -0.05) is 0 Å².